The second-order valence-electron chi connectivity index (χ2n) is 28.7. The normalized spacial score (nSPS) is 12.5. The molecule has 0 heterocycles. The van der Waals surface area contributed by atoms with Crippen LogP contribution in [0.25, 0.3) is 100 Å². The van der Waals surface area contributed by atoms with Crippen LogP contribution in [0.15, 0.2) is 437 Å². The minimum absolute atomic E-state index is 0.101. The van der Waals surface area contributed by atoms with Gasteiger partial charge in [0.25, 0.3) is 0 Å². The van der Waals surface area contributed by atoms with E-state index in [9.17, 15) is 0 Å². The molecule has 0 radical (unpaired) electrons. The van der Waals surface area contributed by atoms with Crippen molar-refractivity contribution in [2.24, 2.45) is 0 Å². The maximum atomic E-state index is 2.45. The smallest absolute Gasteiger partial charge is 0.0714 e. The fourth-order valence-electron chi connectivity index (χ4n) is 16.8. The van der Waals surface area contributed by atoms with Crippen LogP contribution in [0.5, 0.6) is 0 Å². The van der Waals surface area contributed by atoms with Gasteiger partial charge >= 0.3 is 0 Å². The van der Waals surface area contributed by atoms with Crippen molar-refractivity contribution >= 4 is 34.1 Å². The molecule has 0 amide bonds. The Morgan fingerprint density at radius 3 is 0.778 bits per heavy atom. The van der Waals surface area contributed by atoms with Gasteiger partial charge < -0.3 is 9.80 Å². The minimum Gasteiger partial charge on any atom is -0.310 e. The summed E-state index contributed by atoms with van der Waals surface area (Å²) in [6.45, 7) is 4.71. The zero-order valence-corrected chi connectivity index (χ0v) is 60.5. The molecule has 0 spiro atoms. The van der Waals surface area contributed by atoms with Crippen molar-refractivity contribution in [1.29, 1.82) is 0 Å². The molecule has 0 fully saturated rings. The maximum absolute atomic E-state index is 2.45. The molecule has 17 aromatic rings. The highest BCUT2D eigenvalue weighted by molar-refractivity contribution is 5.95. The molecule has 108 heavy (non-hydrogen) atoms. The van der Waals surface area contributed by atoms with Gasteiger partial charge in [-0.2, -0.15) is 0 Å². The molecule has 0 aromatic heterocycles. The summed E-state index contributed by atoms with van der Waals surface area (Å²) in [7, 11) is 0. The highest BCUT2D eigenvalue weighted by Gasteiger charge is 2.46. The van der Waals surface area contributed by atoms with Gasteiger partial charge in [-0.05, 0) is 206 Å². The molecule has 0 saturated carbocycles. The highest BCUT2D eigenvalue weighted by Crippen LogP contribution is 2.58. The summed E-state index contributed by atoms with van der Waals surface area (Å²) in [5.74, 6) is 0. The van der Waals surface area contributed by atoms with E-state index in [1.165, 1.54) is 134 Å². The SMILES string of the molecule is CC1(C)c2ccccc2-c2ccc(N(c3ccc(-c4ccc(-c5ccccc5)cc4)cc3)c3ccc(-c4ccccc4)c(-c4ccccc4)c3)cc21.c1ccc(-c2ccc(N(c3ccc(-c4ccccc4)c(-c4ccccc4)c3)c3ccc4c(c3)C(c3ccccc3)(c3ccccc3)c3ccccc3-4)cc2)cc1. The van der Waals surface area contributed by atoms with E-state index >= 15 is 0 Å². The Kier molecular flexibility index (Phi) is 17.7. The molecule has 2 aliphatic rings. The standard InChI is InChI=1S/C55H39N.C51H39N/c1-6-18-40(19-7-1)41-30-32-46(33-31-41)56(47-34-36-49(42-20-8-2-9-21-42)52(38-47)43-22-10-3-11-23-43)48-35-37-51-50-28-16-17-29-53(50)55(54(51)39-48,44-24-12-4-13-25-44)45-26-14-5-15-27-45;1-51(2)49-21-13-12-20-46(49)47-33-31-44(35-50(47)51)52(42-28-26-39(27-29-42)38-24-22-37(23-25-38)36-14-6-3-7-15-36)43-30-32-45(40-16-8-4-9-17-40)48(34-43)41-18-10-5-11-19-41/h1-39H;3-35H,1-2H3. The Balaban J connectivity index is 0.000000153. The van der Waals surface area contributed by atoms with Crippen molar-refractivity contribution in [3.8, 4) is 100 Å². The molecule has 2 nitrogen and oxygen atoms in total. The molecule has 0 unspecified atom stereocenters. The lowest BCUT2D eigenvalue weighted by Gasteiger charge is -2.35. The number of hydrogen-bond acceptors (Lipinski definition) is 2. The van der Waals surface area contributed by atoms with Gasteiger partial charge in [0.1, 0.15) is 0 Å². The van der Waals surface area contributed by atoms with Crippen molar-refractivity contribution in [2.45, 2.75) is 24.7 Å². The molecule has 2 heteroatoms. The van der Waals surface area contributed by atoms with Gasteiger partial charge in [-0.1, -0.05) is 378 Å². The monoisotopic (exact) mass is 1380 g/mol. The van der Waals surface area contributed by atoms with E-state index < -0.39 is 5.41 Å². The molecule has 0 bridgehead atoms. The van der Waals surface area contributed by atoms with E-state index in [0.29, 0.717) is 0 Å². The lowest BCUT2D eigenvalue weighted by Crippen LogP contribution is -2.28. The fourth-order valence-corrected chi connectivity index (χ4v) is 16.8. The molecule has 2 aliphatic carbocycles. The average molecular weight is 1380 g/mol. The van der Waals surface area contributed by atoms with Gasteiger partial charge in [0.05, 0.1) is 5.41 Å². The summed E-state index contributed by atoms with van der Waals surface area (Å²) in [6, 6.07) is 159. The zero-order valence-electron chi connectivity index (χ0n) is 60.5. The van der Waals surface area contributed by atoms with Crippen LogP contribution in [0.1, 0.15) is 47.2 Å². The first kappa shape index (κ1) is 66.3. The van der Waals surface area contributed by atoms with E-state index in [4.69, 9.17) is 0 Å². The quantitative estimate of drug-likeness (QED) is 0.101. The number of hydrogen-bond donors (Lipinski definition) is 0. The predicted molar refractivity (Wildman–Crippen MR) is 455 cm³/mol. The fraction of sp³-hybridized carbons (Fsp3) is 0.0377. The van der Waals surface area contributed by atoms with Crippen LogP contribution in [0.4, 0.5) is 34.1 Å². The van der Waals surface area contributed by atoms with Gasteiger partial charge in [0.15, 0.2) is 0 Å². The van der Waals surface area contributed by atoms with Crippen molar-refractivity contribution in [2.75, 3.05) is 9.80 Å². The number of fused-ring (bicyclic) bond motifs is 6. The van der Waals surface area contributed by atoms with E-state index in [-0.39, 0.29) is 5.41 Å². The maximum Gasteiger partial charge on any atom is 0.0714 e. The topological polar surface area (TPSA) is 6.48 Å². The van der Waals surface area contributed by atoms with E-state index in [2.05, 4.69) is 460 Å². The first-order valence-electron chi connectivity index (χ1n) is 37.4. The minimum atomic E-state index is -0.500. The van der Waals surface area contributed by atoms with Crippen molar-refractivity contribution < 1.29 is 0 Å². The van der Waals surface area contributed by atoms with E-state index in [0.717, 1.165) is 34.1 Å². The first-order valence-corrected chi connectivity index (χ1v) is 37.4. The Morgan fingerprint density at radius 1 is 0.157 bits per heavy atom. The molecule has 0 aliphatic heterocycles. The van der Waals surface area contributed by atoms with Crippen LogP contribution in [-0.4, -0.2) is 0 Å². The third-order valence-electron chi connectivity index (χ3n) is 22.1. The average Bonchev–Trinajstić information content (AvgIpc) is 1.53. The van der Waals surface area contributed by atoms with Crippen LogP contribution >= 0.6 is 0 Å². The Labute approximate surface area is 634 Å². The van der Waals surface area contributed by atoms with Crippen LogP contribution in [0.3, 0.4) is 0 Å². The summed E-state index contributed by atoms with van der Waals surface area (Å²) < 4.78 is 0. The molecule has 512 valence electrons. The summed E-state index contributed by atoms with van der Waals surface area (Å²) in [5.41, 5.74) is 36.0. The summed E-state index contributed by atoms with van der Waals surface area (Å²) in [5, 5.41) is 0. The highest BCUT2D eigenvalue weighted by atomic mass is 15.1. The van der Waals surface area contributed by atoms with Gasteiger partial charge in [-0.3, -0.25) is 0 Å². The predicted octanol–water partition coefficient (Wildman–Crippen LogP) is 28.7. The zero-order chi connectivity index (χ0) is 72.4. The molecule has 0 saturated heterocycles. The first-order chi connectivity index (χ1) is 53.3. The largest absolute Gasteiger partial charge is 0.310 e. The van der Waals surface area contributed by atoms with Crippen molar-refractivity contribution in [3.63, 3.8) is 0 Å². The van der Waals surface area contributed by atoms with Gasteiger partial charge in [-0.15, -0.1) is 0 Å². The number of benzene rings is 17. The van der Waals surface area contributed by atoms with Gasteiger partial charge in [0.2, 0.25) is 0 Å². The molecular formula is C106H78N2. The van der Waals surface area contributed by atoms with Crippen LogP contribution in [0.2, 0.25) is 0 Å². The van der Waals surface area contributed by atoms with Crippen LogP contribution in [0, 0.1) is 0 Å². The summed E-state index contributed by atoms with van der Waals surface area (Å²) >= 11 is 0. The molecular weight excluding hydrogens is 1300 g/mol. The van der Waals surface area contributed by atoms with E-state index in [1.54, 1.807) is 0 Å². The summed E-state index contributed by atoms with van der Waals surface area (Å²) in [6.07, 6.45) is 0. The Hall–Kier alpha value is -13.7. The lowest BCUT2D eigenvalue weighted by atomic mass is 9.67. The third kappa shape index (κ3) is 12.3. The number of rotatable bonds is 15. The number of anilines is 6. The van der Waals surface area contributed by atoms with Crippen molar-refractivity contribution in [1.82, 2.24) is 0 Å². The summed E-state index contributed by atoms with van der Waals surface area (Å²) in [4.78, 5) is 4.85. The van der Waals surface area contributed by atoms with Gasteiger partial charge in [0, 0.05) is 39.5 Å². The van der Waals surface area contributed by atoms with Crippen LogP contribution < -0.4 is 9.80 Å². The molecule has 0 N–H and O–H groups in total. The van der Waals surface area contributed by atoms with E-state index in [1.807, 2.05) is 0 Å². The molecule has 17 aromatic carbocycles. The van der Waals surface area contributed by atoms with Crippen molar-refractivity contribution in [3.05, 3.63) is 470 Å². The second-order valence-corrected chi connectivity index (χ2v) is 28.7. The number of nitrogens with zero attached hydrogens (tertiary/aromatic N) is 2. The molecule has 19 rings (SSSR count). The Bertz CT molecular complexity index is 5960. The molecule has 0 atom stereocenters. The third-order valence-corrected chi connectivity index (χ3v) is 22.1. The Morgan fingerprint density at radius 2 is 0.398 bits per heavy atom. The second kappa shape index (κ2) is 28.8. The van der Waals surface area contributed by atoms with Gasteiger partial charge in [-0.25, -0.2) is 0 Å². The lowest BCUT2D eigenvalue weighted by molar-refractivity contribution is 0.660. The van der Waals surface area contributed by atoms with Crippen LogP contribution in [-0.2, 0) is 10.8 Å².